The lowest BCUT2D eigenvalue weighted by Crippen LogP contribution is -2.46. The van der Waals surface area contributed by atoms with Crippen molar-refractivity contribution in [3.63, 3.8) is 0 Å². The van der Waals surface area contributed by atoms with E-state index in [1.54, 1.807) is 12.1 Å². The average Bonchev–Trinajstić information content (AvgIpc) is 2.61. The van der Waals surface area contributed by atoms with Crippen molar-refractivity contribution in [2.45, 2.75) is 51.0 Å². The van der Waals surface area contributed by atoms with Crippen LogP contribution in [0.3, 0.4) is 0 Å². The Balaban J connectivity index is 1.94. The minimum absolute atomic E-state index is 0.130. The van der Waals surface area contributed by atoms with Crippen LogP contribution in [-0.4, -0.2) is 17.5 Å². The fraction of sp³-hybridized carbons (Fsp3) is 0.500. The molecule has 0 radical (unpaired) electrons. The summed E-state index contributed by atoms with van der Waals surface area (Å²) < 4.78 is 0. The van der Waals surface area contributed by atoms with E-state index in [1.165, 1.54) is 4.90 Å². The van der Waals surface area contributed by atoms with Gasteiger partial charge in [0.25, 0.3) is 5.91 Å². The van der Waals surface area contributed by atoms with Crippen LogP contribution in [0.2, 0.25) is 5.02 Å². The molecule has 0 atom stereocenters. The van der Waals surface area contributed by atoms with Gasteiger partial charge in [-0.2, -0.15) is 0 Å². The highest BCUT2D eigenvalue weighted by atomic mass is 35.5. The summed E-state index contributed by atoms with van der Waals surface area (Å²) in [5, 5.41) is 3.50. The van der Waals surface area contributed by atoms with Gasteiger partial charge in [-0.15, -0.1) is 0 Å². The second-order valence-electron chi connectivity index (χ2n) is 6.00. The van der Waals surface area contributed by atoms with E-state index in [0.29, 0.717) is 10.7 Å². The monoisotopic (exact) mass is 306 g/mol. The predicted octanol–water partition coefficient (Wildman–Crippen LogP) is 3.80. The van der Waals surface area contributed by atoms with Crippen LogP contribution in [0.1, 0.15) is 44.1 Å². The minimum Gasteiger partial charge on any atom is -0.323 e. The molecule has 1 aliphatic carbocycles. The van der Waals surface area contributed by atoms with Gasteiger partial charge in [-0.1, -0.05) is 43.4 Å². The van der Waals surface area contributed by atoms with E-state index < -0.39 is 5.54 Å². The van der Waals surface area contributed by atoms with E-state index in [0.717, 1.165) is 44.1 Å². The largest absolute Gasteiger partial charge is 0.329 e. The molecule has 1 aromatic carbocycles. The Hall–Kier alpha value is -1.55. The van der Waals surface area contributed by atoms with Crippen LogP contribution in [0.4, 0.5) is 10.5 Å². The molecule has 1 spiro atoms. The molecule has 3 rings (SSSR count). The number of urea groups is 1. The lowest BCUT2D eigenvalue weighted by Gasteiger charge is -2.24. The molecule has 21 heavy (non-hydrogen) atoms. The molecule has 2 aliphatic rings. The van der Waals surface area contributed by atoms with Gasteiger partial charge in [0.1, 0.15) is 5.54 Å². The number of imide groups is 1. The Labute approximate surface area is 129 Å². The molecule has 1 saturated heterocycles. The Morgan fingerprint density at radius 2 is 1.81 bits per heavy atom. The minimum atomic E-state index is -0.703. The first-order chi connectivity index (χ1) is 10.0. The van der Waals surface area contributed by atoms with Gasteiger partial charge in [0.15, 0.2) is 0 Å². The van der Waals surface area contributed by atoms with Gasteiger partial charge in [0.2, 0.25) is 0 Å². The molecule has 1 saturated carbocycles. The maximum absolute atomic E-state index is 12.8. The standard InChI is InChI=1S/C16H19ClN2O2/c1-11-6-7-12(10-13(11)17)19-14(20)16(18-15(19)21)8-4-2-3-5-9-16/h6-7,10H,2-5,8-9H2,1H3,(H,18,21). The molecule has 0 aromatic heterocycles. The Kier molecular flexibility index (Phi) is 3.66. The molecule has 1 aromatic rings. The van der Waals surface area contributed by atoms with Crippen LogP contribution >= 0.6 is 11.6 Å². The highest BCUT2D eigenvalue weighted by molar-refractivity contribution is 6.32. The molecular weight excluding hydrogens is 288 g/mol. The predicted molar refractivity (Wildman–Crippen MR) is 82.6 cm³/mol. The molecule has 2 fully saturated rings. The van der Waals surface area contributed by atoms with Crippen molar-refractivity contribution in [3.05, 3.63) is 28.8 Å². The van der Waals surface area contributed by atoms with E-state index in [2.05, 4.69) is 5.32 Å². The molecule has 5 heteroatoms. The highest BCUT2D eigenvalue weighted by Crippen LogP contribution is 2.35. The zero-order valence-corrected chi connectivity index (χ0v) is 12.9. The van der Waals surface area contributed by atoms with Gasteiger partial charge in [0, 0.05) is 5.02 Å². The summed E-state index contributed by atoms with van der Waals surface area (Å²) in [4.78, 5) is 26.4. The van der Waals surface area contributed by atoms with Crippen molar-refractivity contribution in [2.75, 3.05) is 4.90 Å². The van der Waals surface area contributed by atoms with E-state index >= 15 is 0 Å². The number of rotatable bonds is 1. The fourth-order valence-corrected chi connectivity index (χ4v) is 3.42. The maximum atomic E-state index is 12.8. The number of anilines is 1. The normalized spacial score (nSPS) is 21.5. The summed E-state index contributed by atoms with van der Waals surface area (Å²) in [6, 6.07) is 4.95. The van der Waals surface area contributed by atoms with Crippen LogP contribution in [0.25, 0.3) is 0 Å². The number of carbonyl (C=O) groups excluding carboxylic acids is 2. The quantitative estimate of drug-likeness (QED) is 0.802. The Morgan fingerprint density at radius 3 is 2.43 bits per heavy atom. The number of aryl methyl sites for hydroxylation is 1. The zero-order valence-electron chi connectivity index (χ0n) is 12.1. The van der Waals surface area contributed by atoms with Gasteiger partial charge in [-0.25, -0.2) is 9.69 Å². The Bertz CT molecular complexity index is 592. The molecule has 1 N–H and O–H groups in total. The lowest BCUT2D eigenvalue weighted by molar-refractivity contribution is -0.122. The van der Waals surface area contributed by atoms with Crippen LogP contribution in [0.5, 0.6) is 0 Å². The highest BCUT2D eigenvalue weighted by Gasteiger charge is 2.51. The summed E-state index contributed by atoms with van der Waals surface area (Å²) in [6.45, 7) is 1.89. The van der Waals surface area contributed by atoms with Crippen molar-refractivity contribution in [1.82, 2.24) is 5.32 Å². The topological polar surface area (TPSA) is 49.4 Å². The maximum Gasteiger partial charge on any atom is 0.329 e. The number of hydrogen-bond acceptors (Lipinski definition) is 2. The number of hydrogen-bond donors (Lipinski definition) is 1. The summed E-state index contributed by atoms with van der Waals surface area (Å²) >= 11 is 6.12. The molecule has 1 heterocycles. The van der Waals surface area contributed by atoms with Crippen LogP contribution < -0.4 is 10.2 Å². The summed E-state index contributed by atoms with van der Waals surface area (Å²) in [7, 11) is 0. The number of carbonyl (C=O) groups is 2. The van der Waals surface area contributed by atoms with Crippen molar-refractivity contribution in [3.8, 4) is 0 Å². The number of nitrogens with one attached hydrogen (secondary N) is 1. The number of halogens is 1. The van der Waals surface area contributed by atoms with Crippen LogP contribution in [-0.2, 0) is 4.79 Å². The second-order valence-corrected chi connectivity index (χ2v) is 6.41. The summed E-state index contributed by atoms with van der Waals surface area (Å²) in [5.41, 5.74) is 0.774. The molecule has 3 amide bonds. The zero-order chi connectivity index (χ0) is 15.0. The van der Waals surface area contributed by atoms with Crippen molar-refractivity contribution in [1.29, 1.82) is 0 Å². The van der Waals surface area contributed by atoms with Crippen LogP contribution in [0.15, 0.2) is 18.2 Å². The first-order valence-electron chi connectivity index (χ1n) is 7.46. The molecule has 1 aliphatic heterocycles. The van der Waals surface area contributed by atoms with Crippen molar-refractivity contribution >= 4 is 29.2 Å². The summed E-state index contributed by atoms with van der Waals surface area (Å²) in [6.07, 6.45) is 5.67. The SMILES string of the molecule is Cc1ccc(N2C(=O)NC3(CCCCCC3)C2=O)cc1Cl. The molecule has 0 unspecified atom stereocenters. The molecule has 0 bridgehead atoms. The van der Waals surface area contributed by atoms with Crippen LogP contribution in [0, 0.1) is 6.92 Å². The van der Waals surface area contributed by atoms with E-state index in [9.17, 15) is 9.59 Å². The van der Waals surface area contributed by atoms with Gasteiger partial charge in [-0.05, 0) is 37.5 Å². The molecule has 4 nitrogen and oxygen atoms in total. The first-order valence-corrected chi connectivity index (χ1v) is 7.84. The van der Waals surface area contributed by atoms with Gasteiger partial charge >= 0.3 is 6.03 Å². The molecule has 112 valence electrons. The van der Waals surface area contributed by atoms with Gasteiger partial charge < -0.3 is 5.32 Å². The first kappa shape index (κ1) is 14.4. The summed E-state index contributed by atoms with van der Waals surface area (Å²) in [5.74, 6) is -0.130. The number of nitrogens with zero attached hydrogens (tertiary/aromatic N) is 1. The fourth-order valence-electron chi connectivity index (χ4n) is 3.25. The second kappa shape index (κ2) is 5.34. The van der Waals surface area contributed by atoms with E-state index in [1.807, 2.05) is 13.0 Å². The number of benzene rings is 1. The lowest BCUT2D eigenvalue weighted by atomic mass is 9.90. The average molecular weight is 307 g/mol. The van der Waals surface area contributed by atoms with Gasteiger partial charge in [-0.3, -0.25) is 4.79 Å². The van der Waals surface area contributed by atoms with Gasteiger partial charge in [0.05, 0.1) is 5.69 Å². The third kappa shape index (κ3) is 2.42. The Morgan fingerprint density at radius 1 is 1.14 bits per heavy atom. The van der Waals surface area contributed by atoms with E-state index in [-0.39, 0.29) is 11.9 Å². The third-order valence-electron chi connectivity index (χ3n) is 4.53. The van der Waals surface area contributed by atoms with Crippen molar-refractivity contribution in [2.24, 2.45) is 0 Å². The number of amides is 3. The third-order valence-corrected chi connectivity index (χ3v) is 4.94. The van der Waals surface area contributed by atoms with E-state index in [4.69, 9.17) is 11.6 Å². The smallest absolute Gasteiger partial charge is 0.323 e. The van der Waals surface area contributed by atoms with Crippen molar-refractivity contribution < 1.29 is 9.59 Å². The molecular formula is C16H19ClN2O2.